The molecule has 25 heteroatoms. The van der Waals surface area contributed by atoms with Gasteiger partial charge in [-0.2, -0.15) is 0 Å². The third-order valence-corrected chi connectivity index (χ3v) is 14.7. The van der Waals surface area contributed by atoms with Crippen molar-refractivity contribution in [2.24, 2.45) is 28.1 Å². The molecule has 2 heterocycles. The van der Waals surface area contributed by atoms with Gasteiger partial charge < -0.3 is 74.4 Å². The second kappa shape index (κ2) is 32.3. The number of carbonyl (C=O) groups is 10. The Hall–Kier alpha value is -8.19. The van der Waals surface area contributed by atoms with E-state index in [2.05, 4.69) is 42.2 Å². The fourth-order valence-corrected chi connectivity index (χ4v) is 10.1. The maximum atomic E-state index is 14.4. The monoisotopic (exact) mass is 1140 g/mol. The fraction of sp³-hybridized carbons (Fsp3) is 0.526. The number of aliphatic hydroxyl groups is 1. The van der Waals surface area contributed by atoms with Gasteiger partial charge in [-0.15, -0.1) is 0 Å². The Morgan fingerprint density at radius 1 is 0.659 bits per heavy atom. The molecular weight excluding hydrogens is 1060 g/mol. The van der Waals surface area contributed by atoms with Crippen LogP contribution in [0.15, 0.2) is 77.8 Å². The van der Waals surface area contributed by atoms with Gasteiger partial charge in [-0.05, 0) is 92.1 Å². The van der Waals surface area contributed by atoms with Crippen LogP contribution in [0.4, 0.5) is 0 Å². The molecule has 2 aliphatic heterocycles. The molecule has 9 atom stereocenters. The molecule has 0 unspecified atom stereocenters. The van der Waals surface area contributed by atoms with E-state index in [1.54, 1.807) is 50.2 Å². The number of guanidine groups is 1. The van der Waals surface area contributed by atoms with Crippen LogP contribution in [0.1, 0.15) is 96.1 Å². The van der Waals surface area contributed by atoms with E-state index in [0.29, 0.717) is 49.8 Å². The Kier molecular flexibility index (Phi) is 25.5. The lowest BCUT2D eigenvalue weighted by molar-refractivity contribution is -0.148. The summed E-state index contributed by atoms with van der Waals surface area (Å²) in [5, 5.41) is 40.5. The van der Waals surface area contributed by atoms with Crippen molar-refractivity contribution in [1.29, 1.82) is 0 Å². The molecule has 0 saturated carbocycles. The van der Waals surface area contributed by atoms with Crippen LogP contribution in [0, 0.1) is 5.92 Å². The van der Waals surface area contributed by atoms with Gasteiger partial charge in [0.1, 0.15) is 48.3 Å². The summed E-state index contributed by atoms with van der Waals surface area (Å²) in [5.74, 6) is -8.10. The Morgan fingerprint density at radius 3 is 1.90 bits per heavy atom. The molecule has 0 bridgehead atoms. The van der Waals surface area contributed by atoms with Gasteiger partial charge in [0, 0.05) is 39.4 Å². The Balaban J connectivity index is 1.26. The molecule has 2 saturated heterocycles. The zero-order valence-electron chi connectivity index (χ0n) is 46.9. The number of fused-ring (bicyclic) bond motifs is 1. The Bertz CT molecular complexity index is 2740. The van der Waals surface area contributed by atoms with Crippen molar-refractivity contribution in [3.05, 3.63) is 83.9 Å². The first kappa shape index (κ1) is 64.6. The van der Waals surface area contributed by atoms with Crippen molar-refractivity contribution < 1.29 is 58.2 Å². The molecule has 2 aliphatic rings. The third-order valence-electron chi connectivity index (χ3n) is 14.7. The highest BCUT2D eigenvalue weighted by Gasteiger charge is 2.44. The van der Waals surface area contributed by atoms with Crippen molar-refractivity contribution in [3.63, 3.8) is 0 Å². The van der Waals surface area contributed by atoms with Crippen LogP contribution in [0.3, 0.4) is 0 Å². The number of carbonyl (C=O) groups excluding carboxylic acids is 9. The van der Waals surface area contributed by atoms with E-state index in [-0.39, 0.29) is 70.5 Å². The zero-order chi connectivity index (χ0) is 59.9. The Labute approximate surface area is 477 Å². The minimum Gasteiger partial charge on any atom is -0.480 e. The van der Waals surface area contributed by atoms with Crippen LogP contribution in [-0.2, 0) is 60.8 Å². The van der Waals surface area contributed by atoms with E-state index >= 15 is 0 Å². The van der Waals surface area contributed by atoms with Gasteiger partial charge in [-0.3, -0.25) is 48.1 Å². The van der Waals surface area contributed by atoms with Gasteiger partial charge >= 0.3 is 5.97 Å². The zero-order valence-corrected chi connectivity index (χ0v) is 46.9. The molecular formula is C57H81N13O12. The SMILES string of the molecule is CC[C@H](C)[C@H](NC(=O)[C@H](Cc1ccc2ccccc2c1)NC(=O)[C@H](CO)NC(=O)[C@H](Cc1ccccc1)NC(=O)CNC(=O)[C@@H]1CCCN1C(=O)[C@@H]1CCCN1C(=O)[C@H](CCCN=C(N)N)NC(=O)[C@H](CCCCN)NC(C)=O)C(=O)O. The van der Waals surface area contributed by atoms with E-state index in [9.17, 15) is 58.2 Å². The van der Waals surface area contributed by atoms with Crippen LogP contribution < -0.4 is 54.4 Å². The van der Waals surface area contributed by atoms with Crippen molar-refractivity contribution in [2.45, 2.75) is 146 Å². The number of hydrogen-bond donors (Lipinski definition) is 12. The highest BCUT2D eigenvalue weighted by Crippen LogP contribution is 2.27. The highest BCUT2D eigenvalue weighted by molar-refractivity contribution is 5.98. The highest BCUT2D eigenvalue weighted by atomic mass is 16.4. The summed E-state index contributed by atoms with van der Waals surface area (Å²) in [7, 11) is 0. The predicted octanol–water partition coefficient (Wildman–Crippen LogP) is -1.04. The van der Waals surface area contributed by atoms with Crippen molar-refractivity contribution >= 4 is 75.9 Å². The number of nitrogens with one attached hydrogen (secondary N) is 7. The molecule has 0 radical (unpaired) electrons. The van der Waals surface area contributed by atoms with Gasteiger partial charge in [-0.1, -0.05) is 93.1 Å². The summed E-state index contributed by atoms with van der Waals surface area (Å²) in [4.78, 5) is 143. The van der Waals surface area contributed by atoms with Gasteiger partial charge in [-0.25, -0.2) is 4.79 Å². The van der Waals surface area contributed by atoms with Crippen LogP contribution in [0.5, 0.6) is 0 Å². The predicted molar refractivity (Wildman–Crippen MR) is 305 cm³/mol. The van der Waals surface area contributed by atoms with Gasteiger partial charge in [0.25, 0.3) is 0 Å². The largest absolute Gasteiger partial charge is 0.480 e. The molecule has 0 aliphatic carbocycles. The standard InChI is InChI=1S/C57H81N13O12/c1-4-34(2)48(56(81)82)68-51(76)43(31-37-23-24-38-17-8-9-18-39(38)29-37)66-52(77)44(33-71)67-50(75)42(30-36-15-6-5-7-16-36)64-47(73)32-62-53(78)45-21-13-27-69(45)55(80)46-22-14-28-70(46)54(79)41(20-12-26-61-57(59)60)65-49(74)40(63-35(3)72)19-10-11-25-58/h5-9,15-18,23-24,29,34,40-46,48,71H,4,10-14,19-22,25-28,30-33,58H2,1-3H3,(H,62,78)(H,63,72)(H,64,73)(H,65,74)(H,66,77)(H,67,75)(H,68,76)(H,81,82)(H4,59,60,61)/t34-,40-,41-,42-,43-,44-,45-,46-,48-/m0/s1. The molecule has 2 fully saturated rings. The van der Waals surface area contributed by atoms with E-state index in [4.69, 9.17) is 17.2 Å². The number of nitrogens with two attached hydrogens (primary N) is 3. The lowest BCUT2D eigenvalue weighted by Gasteiger charge is -2.33. The second-order valence-electron chi connectivity index (χ2n) is 20.9. The smallest absolute Gasteiger partial charge is 0.326 e. The summed E-state index contributed by atoms with van der Waals surface area (Å²) < 4.78 is 0. The van der Waals surface area contributed by atoms with E-state index in [0.717, 1.165) is 10.8 Å². The van der Waals surface area contributed by atoms with Gasteiger partial charge in [0.15, 0.2) is 5.96 Å². The maximum absolute atomic E-state index is 14.4. The van der Waals surface area contributed by atoms with Crippen LogP contribution >= 0.6 is 0 Å². The first-order valence-corrected chi connectivity index (χ1v) is 28.0. The lowest BCUT2D eigenvalue weighted by Crippen LogP contribution is -2.60. The summed E-state index contributed by atoms with van der Waals surface area (Å²) in [5.41, 5.74) is 17.9. The number of amides is 9. The minimum atomic E-state index is -1.66. The molecule has 3 aromatic carbocycles. The lowest BCUT2D eigenvalue weighted by atomic mass is 9.97. The van der Waals surface area contributed by atoms with Crippen LogP contribution in [0.2, 0.25) is 0 Å². The number of rotatable bonds is 31. The van der Waals surface area contributed by atoms with Crippen molar-refractivity contribution in [1.82, 2.24) is 47.0 Å². The Morgan fingerprint density at radius 2 is 1.24 bits per heavy atom. The van der Waals surface area contributed by atoms with E-state index in [1.807, 2.05) is 36.4 Å². The molecule has 0 aromatic heterocycles. The summed E-state index contributed by atoms with van der Waals surface area (Å²) in [6, 6.07) is 11.8. The molecule has 82 heavy (non-hydrogen) atoms. The van der Waals surface area contributed by atoms with E-state index in [1.165, 1.54) is 16.7 Å². The summed E-state index contributed by atoms with van der Waals surface area (Å²) in [6.07, 6.45) is 3.44. The van der Waals surface area contributed by atoms with Gasteiger partial charge in [0.2, 0.25) is 53.2 Å². The first-order valence-electron chi connectivity index (χ1n) is 28.0. The topological polar surface area (TPSA) is 392 Å². The van der Waals surface area contributed by atoms with Crippen molar-refractivity contribution in [2.75, 3.05) is 39.3 Å². The summed E-state index contributed by atoms with van der Waals surface area (Å²) in [6.45, 7) is 4.04. The number of unbranched alkanes of at least 4 members (excludes halogenated alkanes) is 1. The van der Waals surface area contributed by atoms with Crippen LogP contribution in [0.25, 0.3) is 10.8 Å². The molecule has 5 rings (SSSR count). The molecule has 25 nitrogen and oxygen atoms in total. The second-order valence-corrected chi connectivity index (χ2v) is 20.9. The van der Waals surface area contributed by atoms with Crippen molar-refractivity contribution in [3.8, 4) is 0 Å². The molecule has 3 aromatic rings. The fourth-order valence-electron chi connectivity index (χ4n) is 10.1. The first-order chi connectivity index (χ1) is 39.2. The number of aliphatic imine (C=N–C) groups is 1. The maximum Gasteiger partial charge on any atom is 0.326 e. The normalized spacial score (nSPS) is 17.4. The molecule has 15 N–H and O–H groups in total. The number of likely N-dealkylation sites (tertiary alicyclic amines) is 2. The number of hydrogen-bond acceptors (Lipinski definition) is 13. The minimum absolute atomic E-state index is 0.0870. The number of carboxylic acids is 1. The van der Waals surface area contributed by atoms with Gasteiger partial charge in [0.05, 0.1) is 13.2 Å². The number of aliphatic hydroxyl groups excluding tert-OH is 1. The average molecular weight is 1140 g/mol. The molecule has 0 spiro atoms. The number of nitrogens with zero attached hydrogens (tertiary/aromatic N) is 3. The van der Waals surface area contributed by atoms with Crippen LogP contribution in [-0.4, -0.2) is 173 Å². The average Bonchev–Trinajstić information content (AvgIpc) is 4.19. The number of aliphatic carboxylic acids is 1. The van der Waals surface area contributed by atoms with E-state index < -0.39 is 127 Å². The number of carboxylic acid groups (broad SMARTS) is 1. The summed E-state index contributed by atoms with van der Waals surface area (Å²) >= 11 is 0. The third kappa shape index (κ3) is 19.2. The molecule has 9 amide bonds. The quantitative estimate of drug-likeness (QED) is 0.0208. The molecule has 446 valence electrons. The number of benzene rings is 3.